The van der Waals surface area contributed by atoms with E-state index in [9.17, 15) is 9.59 Å². The molecule has 0 amide bonds. The lowest BCUT2D eigenvalue weighted by Gasteiger charge is -2.17. The van der Waals surface area contributed by atoms with Crippen LogP contribution in [-0.4, -0.2) is 17.9 Å². The molecule has 0 aliphatic heterocycles. The molecule has 0 saturated heterocycles. The summed E-state index contributed by atoms with van der Waals surface area (Å²) >= 11 is 0. The molecule has 0 fully saturated rings. The summed E-state index contributed by atoms with van der Waals surface area (Å²) in [5.41, 5.74) is 0. The molecule has 1 atom stereocenters. The molecule has 0 aromatic carbocycles. The zero-order chi connectivity index (χ0) is 12.7. The van der Waals surface area contributed by atoms with E-state index in [0.717, 1.165) is 12.8 Å². The largest absolute Gasteiger partial charge is 0.463 e. The molecule has 0 aliphatic rings. The summed E-state index contributed by atoms with van der Waals surface area (Å²) in [7, 11) is 0. The van der Waals surface area contributed by atoms with Crippen LogP contribution in [0.5, 0.6) is 0 Å². The van der Waals surface area contributed by atoms with Gasteiger partial charge in [0.2, 0.25) is 0 Å². The molecule has 3 heteroatoms. The minimum absolute atomic E-state index is 0.0107. The molecule has 16 heavy (non-hydrogen) atoms. The van der Waals surface area contributed by atoms with E-state index in [-0.39, 0.29) is 36.1 Å². The van der Waals surface area contributed by atoms with Crippen LogP contribution in [0.25, 0.3) is 0 Å². The van der Waals surface area contributed by atoms with Crippen LogP contribution in [-0.2, 0) is 14.3 Å². The molecule has 0 rings (SSSR count). The molecule has 0 aromatic heterocycles. The second-order valence-electron chi connectivity index (χ2n) is 4.79. The van der Waals surface area contributed by atoms with E-state index in [1.165, 1.54) is 0 Å². The second kappa shape index (κ2) is 7.42. The van der Waals surface area contributed by atoms with Gasteiger partial charge < -0.3 is 4.74 Å². The van der Waals surface area contributed by atoms with Crippen LogP contribution in [0.2, 0.25) is 0 Å². The van der Waals surface area contributed by atoms with Gasteiger partial charge in [0.25, 0.3) is 0 Å². The third kappa shape index (κ3) is 5.89. The molecular weight excluding hydrogens is 204 g/mol. The van der Waals surface area contributed by atoms with Crippen molar-refractivity contribution in [3.8, 4) is 0 Å². The highest BCUT2D eigenvalue weighted by molar-refractivity contribution is 5.86. The first-order valence-electron chi connectivity index (χ1n) is 6.11. The van der Waals surface area contributed by atoms with Crippen LogP contribution in [0.1, 0.15) is 53.9 Å². The summed E-state index contributed by atoms with van der Waals surface area (Å²) in [6.45, 7) is 9.40. The Hall–Kier alpha value is -0.860. The van der Waals surface area contributed by atoms with Crippen LogP contribution < -0.4 is 0 Å². The van der Waals surface area contributed by atoms with E-state index in [2.05, 4.69) is 0 Å². The van der Waals surface area contributed by atoms with Gasteiger partial charge in [-0.25, -0.2) is 0 Å². The van der Waals surface area contributed by atoms with E-state index in [1.54, 1.807) is 0 Å². The van der Waals surface area contributed by atoms with Crippen LogP contribution >= 0.6 is 0 Å². The third-order valence-electron chi connectivity index (χ3n) is 2.39. The molecular formula is C13H24O3. The van der Waals surface area contributed by atoms with Crippen molar-refractivity contribution in [1.82, 2.24) is 0 Å². The van der Waals surface area contributed by atoms with Crippen molar-refractivity contribution in [2.24, 2.45) is 11.8 Å². The number of esters is 1. The SMILES string of the molecule is CCCC(CC(=O)OC(C)C)C(=O)C(C)C. The monoisotopic (exact) mass is 228 g/mol. The van der Waals surface area contributed by atoms with Crippen LogP contribution in [0.4, 0.5) is 0 Å². The van der Waals surface area contributed by atoms with E-state index in [4.69, 9.17) is 4.74 Å². The Bertz CT molecular complexity index is 231. The summed E-state index contributed by atoms with van der Waals surface area (Å²) < 4.78 is 5.07. The van der Waals surface area contributed by atoms with Gasteiger partial charge in [-0.3, -0.25) is 9.59 Å². The Balaban J connectivity index is 4.33. The molecule has 1 unspecified atom stereocenters. The third-order valence-corrected chi connectivity index (χ3v) is 2.39. The van der Waals surface area contributed by atoms with Crippen molar-refractivity contribution in [2.45, 2.75) is 60.0 Å². The molecule has 0 N–H and O–H groups in total. The Morgan fingerprint density at radius 3 is 2.06 bits per heavy atom. The maximum absolute atomic E-state index is 11.8. The van der Waals surface area contributed by atoms with Crippen LogP contribution in [0.3, 0.4) is 0 Å². The number of ether oxygens (including phenoxy) is 1. The molecule has 94 valence electrons. The number of hydrogen-bond acceptors (Lipinski definition) is 3. The molecule has 0 aliphatic carbocycles. The molecule has 0 radical (unpaired) electrons. The van der Waals surface area contributed by atoms with Gasteiger partial charge in [0.05, 0.1) is 12.5 Å². The lowest BCUT2D eigenvalue weighted by atomic mass is 9.89. The maximum Gasteiger partial charge on any atom is 0.306 e. The normalized spacial score (nSPS) is 12.9. The van der Waals surface area contributed by atoms with E-state index >= 15 is 0 Å². The minimum atomic E-state index is -0.262. The topological polar surface area (TPSA) is 43.4 Å². The predicted molar refractivity (Wildman–Crippen MR) is 64.1 cm³/mol. The first-order chi connectivity index (χ1) is 7.38. The molecule has 0 spiro atoms. The van der Waals surface area contributed by atoms with E-state index < -0.39 is 0 Å². The van der Waals surface area contributed by atoms with Crippen LogP contribution in [0.15, 0.2) is 0 Å². The van der Waals surface area contributed by atoms with Crippen molar-refractivity contribution in [1.29, 1.82) is 0 Å². The number of hydrogen-bond donors (Lipinski definition) is 0. The lowest BCUT2D eigenvalue weighted by Crippen LogP contribution is -2.24. The van der Waals surface area contributed by atoms with Crippen molar-refractivity contribution in [3.63, 3.8) is 0 Å². The highest BCUT2D eigenvalue weighted by Crippen LogP contribution is 2.18. The Kier molecular flexibility index (Phi) is 7.02. The fourth-order valence-electron chi connectivity index (χ4n) is 1.68. The number of carbonyl (C=O) groups excluding carboxylic acids is 2. The number of ketones is 1. The summed E-state index contributed by atoms with van der Waals surface area (Å²) in [5.74, 6) is -0.273. The van der Waals surface area contributed by atoms with E-state index in [1.807, 2.05) is 34.6 Å². The highest BCUT2D eigenvalue weighted by atomic mass is 16.5. The summed E-state index contributed by atoms with van der Waals surface area (Å²) in [4.78, 5) is 23.3. The van der Waals surface area contributed by atoms with Gasteiger partial charge in [-0.05, 0) is 20.3 Å². The number of Topliss-reactive ketones (excluding diaryl/α,β-unsaturated/α-hetero) is 1. The Morgan fingerprint density at radius 2 is 1.69 bits per heavy atom. The summed E-state index contributed by atoms with van der Waals surface area (Å²) in [6.07, 6.45) is 1.80. The lowest BCUT2D eigenvalue weighted by molar-refractivity contribution is -0.150. The van der Waals surface area contributed by atoms with Crippen molar-refractivity contribution < 1.29 is 14.3 Å². The van der Waals surface area contributed by atoms with Gasteiger partial charge in [0.1, 0.15) is 5.78 Å². The average Bonchev–Trinajstić information content (AvgIpc) is 2.14. The predicted octanol–water partition coefficient (Wildman–Crippen LogP) is 2.97. The first-order valence-corrected chi connectivity index (χ1v) is 6.11. The fraction of sp³-hybridized carbons (Fsp3) is 0.846. The fourth-order valence-corrected chi connectivity index (χ4v) is 1.68. The smallest absolute Gasteiger partial charge is 0.306 e. The van der Waals surface area contributed by atoms with Crippen molar-refractivity contribution >= 4 is 11.8 Å². The average molecular weight is 228 g/mol. The van der Waals surface area contributed by atoms with Crippen molar-refractivity contribution in [3.05, 3.63) is 0 Å². The van der Waals surface area contributed by atoms with Gasteiger partial charge in [-0.15, -0.1) is 0 Å². The number of carbonyl (C=O) groups is 2. The number of rotatable bonds is 7. The van der Waals surface area contributed by atoms with Gasteiger partial charge in [0, 0.05) is 11.8 Å². The van der Waals surface area contributed by atoms with Crippen molar-refractivity contribution in [2.75, 3.05) is 0 Å². The summed E-state index contributed by atoms with van der Waals surface area (Å²) in [6, 6.07) is 0. The molecule has 0 bridgehead atoms. The molecule has 0 heterocycles. The van der Waals surface area contributed by atoms with Crippen LogP contribution in [0, 0.1) is 11.8 Å². The van der Waals surface area contributed by atoms with Gasteiger partial charge in [-0.2, -0.15) is 0 Å². The highest BCUT2D eigenvalue weighted by Gasteiger charge is 2.24. The Labute approximate surface area is 98.6 Å². The zero-order valence-electron chi connectivity index (χ0n) is 11.1. The standard InChI is InChI=1S/C13H24O3/c1-6-7-11(13(15)9(2)3)8-12(14)16-10(4)5/h9-11H,6-8H2,1-5H3. The van der Waals surface area contributed by atoms with Gasteiger partial charge >= 0.3 is 5.97 Å². The quantitative estimate of drug-likeness (QED) is 0.629. The molecule has 3 nitrogen and oxygen atoms in total. The first kappa shape index (κ1) is 15.1. The summed E-state index contributed by atoms with van der Waals surface area (Å²) in [5, 5.41) is 0. The minimum Gasteiger partial charge on any atom is -0.463 e. The second-order valence-corrected chi connectivity index (χ2v) is 4.79. The molecule has 0 saturated carbocycles. The Morgan fingerprint density at radius 1 is 1.12 bits per heavy atom. The zero-order valence-corrected chi connectivity index (χ0v) is 11.1. The van der Waals surface area contributed by atoms with Gasteiger partial charge in [-0.1, -0.05) is 27.2 Å². The van der Waals surface area contributed by atoms with E-state index in [0.29, 0.717) is 0 Å². The van der Waals surface area contributed by atoms with Gasteiger partial charge in [0.15, 0.2) is 0 Å². The molecule has 0 aromatic rings. The maximum atomic E-state index is 11.8.